The zero-order chi connectivity index (χ0) is 18.8. The fourth-order valence-corrected chi connectivity index (χ4v) is 3.45. The molecule has 0 saturated heterocycles. The van der Waals surface area contributed by atoms with Crippen LogP contribution >= 0.6 is 11.6 Å². The standard InChI is InChI=1S/C24H18ClNO/c1-17-23(27)16-22(18-12-14-20(25)15-13-18)26(21-10-6-3-7-11-21)24(17)19-8-4-2-5-9-19/h2-16H,1H3. The molecule has 0 aliphatic heterocycles. The second-order valence-corrected chi connectivity index (χ2v) is 6.85. The molecule has 0 spiro atoms. The van der Waals surface area contributed by atoms with E-state index in [-0.39, 0.29) is 5.43 Å². The molecule has 0 aliphatic carbocycles. The van der Waals surface area contributed by atoms with Crippen LogP contribution in [0.3, 0.4) is 0 Å². The number of benzene rings is 3. The van der Waals surface area contributed by atoms with Crippen molar-refractivity contribution in [2.75, 3.05) is 0 Å². The summed E-state index contributed by atoms with van der Waals surface area (Å²) < 4.78 is 2.15. The number of para-hydroxylation sites is 1. The van der Waals surface area contributed by atoms with E-state index in [9.17, 15) is 4.79 Å². The normalized spacial score (nSPS) is 10.7. The van der Waals surface area contributed by atoms with E-state index >= 15 is 0 Å². The highest BCUT2D eigenvalue weighted by molar-refractivity contribution is 6.30. The Bertz CT molecular complexity index is 1130. The first-order chi connectivity index (χ1) is 13.1. The molecule has 4 rings (SSSR count). The maximum Gasteiger partial charge on any atom is 0.185 e. The summed E-state index contributed by atoms with van der Waals surface area (Å²) in [7, 11) is 0. The van der Waals surface area contributed by atoms with Crippen LogP contribution in [0.2, 0.25) is 5.02 Å². The van der Waals surface area contributed by atoms with Gasteiger partial charge in [0.2, 0.25) is 0 Å². The van der Waals surface area contributed by atoms with E-state index in [0.29, 0.717) is 5.02 Å². The number of rotatable bonds is 3. The third-order valence-corrected chi connectivity index (χ3v) is 4.91. The fourth-order valence-electron chi connectivity index (χ4n) is 3.32. The number of halogens is 1. The van der Waals surface area contributed by atoms with Gasteiger partial charge in [-0.25, -0.2) is 0 Å². The molecular formula is C24H18ClNO. The van der Waals surface area contributed by atoms with Gasteiger partial charge in [0.05, 0.1) is 11.4 Å². The molecule has 0 atom stereocenters. The van der Waals surface area contributed by atoms with Crippen LogP contribution in [0.15, 0.2) is 95.8 Å². The highest BCUT2D eigenvalue weighted by atomic mass is 35.5. The highest BCUT2D eigenvalue weighted by Gasteiger charge is 2.17. The lowest BCUT2D eigenvalue weighted by Crippen LogP contribution is -2.15. The summed E-state index contributed by atoms with van der Waals surface area (Å²) in [6.07, 6.45) is 0. The van der Waals surface area contributed by atoms with Crippen LogP contribution in [-0.2, 0) is 0 Å². The zero-order valence-electron chi connectivity index (χ0n) is 14.9. The molecule has 0 unspecified atom stereocenters. The molecule has 0 N–H and O–H groups in total. The Morgan fingerprint density at radius 3 is 1.96 bits per heavy atom. The molecule has 0 bridgehead atoms. The first kappa shape index (κ1) is 17.3. The first-order valence-electron chi connectivity index (χ1n) is 8.78. The lowest BCUT2D eigenvalue weighted by Gasteiger charge is -2.21. The van der Waals surface area contributed by atoms with Crippen molar-refractivity contribution < 1.29 is 0 Å². The molecule has 3 heteroatoms. The summed E-state index contributed by atoms with van der Waals surface area (Å²) in [5, 5.41) is 0.669. The monoisotopic (exact) mass is 371 g/mol. The Labute approximate surface area is 163 Å². The van der Waals surface area contributed by atoms with E-state index in [1.54, 1.807) is 6.07 Å². The van der Waals surface area contributed by atoms with E-state index in [4.69, 9.17) is 11.6 Å². The van der Waals surface area contributed by atoms with Crippen molar-refractivity contribution in [3.63, 3.8) is 0 Å². The molecule has 0 radical (unpaired) electrons. The largest absolute Gasteiger partial charge is 0.309 e. The van der Waals surface area contributed by atoms with Crippen LogP contribution in [0.25, 0.3) is 28.2 Å². The van der Waals surface area contributed by atoms with Crippen molar-refractivity contribution in [1.29, 1.82) is 0 Å². The molecule has 1 aromatic heterocycles. The van der Waals surface area contributed by atoms with Gasteiger partial charge in [0.1, 0.15) is 0 Å². The second kappa shape index (κ2) is 7.26. The van der Waals surface area contributed by atoms with Gasteiger partial charge in [0.15, 0.2) is 5.43 Å². The minimum atomic E-state index is 0.0194. The van der Waals surface area contributed by atoms with Crippen molar-refractivity contribution in [3.05, 3.63) is 112 Å². The smallest absolute Gasteiger partial charge is 0.185 e. The van der Waals surface area contributed by atoms with E-state index in [0.717, 1.165) is 33.8 Å². The summed E-state index contributed by atoms with van der Waals surface area (Å²) >= 11 is 6.07. The van der Waals surface area contributed by atoms with Gasteiger partial charge in [0.25, 0.3) is 0 Å². The van der Waals surface area contributed by atoms with Crippen molar-refractivity contribution in [1.82, 2.24) is 4.57 Å². The molecule has 0 fully saturated rings. The van der Waals surface area contributed by atoms with E-state index in [2.05, 4.69) is 16.7 Å². The predicted molar refractivity (Wildman–Crippen MR) is 113 cm³/mol. The quantitative estimate of drug-likeness (QED) is 0.424. The lowest BCUT2D eigenvalue weighted by atomic mass is 10.0. The van der Waals surface area contributed by atoms with Crippen LogP contribution in [0.5, 0.6) is 0 Å². The summed E-state index contributed by atoms with van der Waals surface area (Å²) in [6.45, 7) is 1.88. The van der Waals surface area contributed by atoms with Gasteiger partial charge >= 0.3 is 0 Å². The molecule has 4 aromatic rings. The first-order valence-corrected chi connectivity index (χ1v) is 9.16. The minimum Gasteiger partial charge on any atom is -0.309 e. The molecule has 1 heterocycles. The third-order valence-electron chi connectivity index (χ3n) is 4.66. The average Bonchev–Trinajstić information content (AvgIpc) is 2.71. The van der Waals surface area contributed by atoms with Crippen LogP contribution in [-0.4, -0.2) is 4.57 Å². The van der Waals surface area contributed by atoms with Crippen molar-refractivity contribution in [2.24, 2.45) is 0 Å². The second-order valence-electron chi connectivity index (χ2n) is 6.41. The number of hydrogen-bond acceptors (Lipinski definition) is 1. The van der Waals surface area contributed by atoms with Crippen molar-refractivity contribution >= 4 is 11.6 Å². The summed E-state index contributed by atoms with van der Waals surface area (Å²) in [6, 6.07) is 29.4. The van der Waals surface area contributed by atoms with Crippen molar-refractivity contribution in [3.8, 4) is 28.2 Å². The van der Waals surface area contributed by atoms with Gasteiger partial charge in [-0.15, -0.1) is 0 Å². The van der Waals surface area contributed by atoms with Gasteiger partial charge in [-0.3, -0.25) is 4.79 Å². The summed E-state index contributed by atoms with van der Waals surface area (Å²) in [5.41, 5.74) is 5.44. The molecule has 2 nitrogen and oxygen atoms in total. The molecule has 132 valence electrons. The third kappa shape index (κ3) is 3.32. The molecular weight excluding hydrogens is 354 g/mol. The van der Waals surface area contributed by atoms with Crippen LogP contribution in [0.1, 0.15) is 5.56 Å². The minimum absolute atomic E-state index is 0.0194. The number of aromatic nitrogens is 1. The maximum absolute atomic E-state index is 12.8. The lowest BCUT2D eigenvalue weighted by molar-refractivity contribution is 1.04. The average molecular weight is 372 g/mol. The number of pyridine rings is 1. The Kier molecular flexibility index (Phi) is 4.66. The predicted octanol–water partition coefficient (Wildman–Crippen LogP) is 6.13. The summed E-state index contributed by atoms with van der Waals surface area (Å²) in [5.74, 6) is 0. The van der Waals surface area contributed by atoms with Gasteiger partial charge in [-0.2, -0.15) is 0 Å². The van der Waals surface area contributed by atoms with E-state index in [1.807, 2.05) is 79.7 Å². The maximum atomic E-state index is 12.8. The molecule has 27 heavy (non-hydrogen) atoms. The highest BCUT2D eigenvalue weighted by Crippen LogP contribution is 2.31. The fraction of sp³-hybridized carbons (Fsp3) is 0.0417. The number of nitrogens with zero attached hydrogens (tertiary/aromatic N) is 1. The van der Waals surface area contributed by atoms with Crippen LogP contribution in [0, 0.1) is 6.92 Å². The van der Waals surface area contributed by atoms with E-state index in [1.165, 1.54) is 0 Å². The Balaban J connectivity index is 2.12. The van der Waals surface area contributed by atoms with Gasteiger partial charge < -0.3 is 4.57 Å². The SMILES string of the molecule is Cc1c(-c2ccccc2)n(-c2ccccc2)c(-c2ccc(Cl)cc2)cc1=O. The van der Waals surface area contributed by atoms with Gasteiger partial charge in [-0.05, 0) is 42.3 Å². The summed E-state index contributed by atoms with van der Waals surface area (Å²) in [4.78, 5) is 12.8. The molecule has 0 amide bonds. The van der Waals surface area contributed by atoms with Crippen LogP contribution < -0.4 is 5.43 Å². The van der Waals surface area contributed by atoms with Gasteiger partial charge in [0, 0.05) is 22.3 Å². The molecule has 0 saturated carbocycles. The zero-order valence-corrected chi connectivity index (χ0v) is 15.6. The topological polar surface area (TPSA) is 22.0 Å². The Morgan fingerprint density at radius 1 is 0.741 bits per heavy atom. The number of hydrogen-bond donors (Lipinski definition) is 0. The van der Waals surface area contributed by atoms with E-state index < -0.39 is 0 Å². The Hall–Kier alpha value is -3.10. The molecule has 3 aromatic carbocycles. The van der Waals surface area contributed by atoms with Crippen molar-refractivity contribution in [2.45, 2.75) is 6.92 Å². The molecule has 0 aliphatic rings. The Morgan fingerprint density at radius 2 is 1.33 bits per heavy atom. The van der Waals surface area contributed by atoms with Gasteiger partial charge in [-0.1, -0.05) is 72.3 Å². The van der Waals surface area contributed by atoms with Crippen LogP contribution in [0.4, 0.5) is 0 Å².